The van der Waals surface area contributed by atoms with Crippen molar-refractivity contribution in [3.8, 4) is 11.4 Å². The Hall–Kier alpha value is -3.03. The summed E-state index contributed by atoms with van der Waals surface area (Å²) in [7, 11) is 1.63. The molecule has 0 aliphatic carbocycles. The smallest absolute Gasteiger partial charge is 0.246 e. The largest absolute Gasteiger partial charge is 0.494 e. The molecule has 1 aliphatic heterocycles. The fourth-order valence-corrected chi connectivity index (χ4v) is 4.48. The van der Waals surface area contributed by atoms with Crippen LogP contribution in [-0.2, 0) is 6.54 Å². The molecular formula is C23H22Cl2N6O. The SMILES string of the molecule is COc1cc(Nc2nc3n(n2)CCCC[C@@H]3c2cccc(Cl)c2)ccc1-n1cnc(Cl)c1. The Balaban J connectivity index is 1.44. The number of hydrogen-bond acceptors (Lipinski definition) is 5. The highest BCUT2D eigenvalue weighted by Gasteiger charge is 2.25. The van der Waals surface area contributed by atoms with Crippen LogP contribution in [0.4, 0.5) is 11.6 Å². The van der Waals surface area contributed by atoms with E-state index in [4.69, 9.17) is 38.0 Å². The number of ether oxygens (including phenoxy) is 1. The number of aromatic nitrogens is 5. The lowest BCUT2D eigenvalue weighted by atomic mass is 9.94. The van der Waals surface area contributed by atoms with Gasteiger partial charge in [0.2, 0.25) is 5.95 Å². The molecular weight excluding hydrogens is 447 g/mol. The number of methoxy groups -OCH3 is 1. The summed E-state index contributed by atoms with van der Waals surface area (Å²) in [6.45, 7) is 0.852. The van der Waals surface area contributed by atoms with Gasteiger partial charge in [0.15, 0.2) is 0 Å². The van der Waals surface area contributed by atoms with Gasteiger partial charge in [-0.25, -0.2) is 9.67 Å². The average molecular weight is 469 g/mol. The van der Waals surface area contributed by atoms with Crippen molar-refractivity contribution >= 4 is 34.8 Å². The number of anilines is 2. The van der Waals surface area contributed by atoms with Gasteiger partial charge in [-0.05, 0) is 42.7 Å². The number of imidazole rings is 1. The summed E-state index contributed by atoms with van der Waals surface area (Å²) < 4.78 is 9.41. The molecule has 164 valence electrons. The molecule has 0 radical (unpaired) electrons. The van der Waals surface area contributed by atoms with E-state index in [0.29, 0.717) is 16.9 Å². The molecule has 0 spiro atoms. The maximum atomic E-state index is 6.25. The lowest BCUT2D eigenvalue weighted by Crippen LogP contribution is -2.08. The van der Waals surface area contributed by atoms with Gasteiger partial charge in [0.1, 0.15) is 23.1 Å². The highest BCUT2D eigenvalue weighted by atomic mass is 35.5. The fraction of sp³-hybridized carbons (Fsp3) is 0.261. The molecule has 4 aromatic rings. The molecule has 2 aromatic heterocycles. The molecule has 1 atom stereocenters. The van der Waals surface area contributed by atoms with Crippen molar-refractivity contribution in [2.75, 3.05) is 12.4 Å². The first kappa shape index (κ1) is 20.8. The van der Waals surface area contributed by atoms with E-state index in [1.54, 1.807) is 19.6 Å². The minimum Gasteiger partial charge on any atom is -0.494 e. The number of hydrogen-bond donors (Lipinski definition) is 1. The van der Waals surface area contributed by atoms with Crippen molar-refractivity contribution in [2.24, 2.45) is 0 Å². The molecule has 32 heavy (non-hydrogen) atoms. The van der Waals surface area contributed by atoms with Crippen molar-refractivity contribution in [3.63, 3.8) is 0 Å². The second-order valence-electron chi connectivity index (χ2n) is 7.74. The molecule has 5 rings (SSSR count). The van der Waals surface area contributed by atoms with Crippen LogP contribution in [0.1, 0.15) is 36.6 Å². The number of nitrogens with zero attached hydrogens (tertiary/aromatic N) is 5. The normalized spacial score (nSPS) is 15.8. The predicted molar refractivity (Wildman–Crippen MR) is 126 cm³/mol. The number of rotatable bonds is 5. The maximum absolute atomic E-state index is 6.25. The van der Waals surface area contributed by atoms with Crippen LogP contribution in [0.5, 0.6) is 5.75 Å². The maximum Gasteiger partial charge on any atom is 0.246 e. The van der Waals surface area contributed by atoms with Gasteiger partial charge >= 0.3 is 0 Å². The summed E-state index contributed by atoms with van der Waals surface area (Å²) in [6, 6.07) is 13.8. The summed E-state index contributed by atoms with van der Waals surface area (Å²) in [5.41, 5.74) is 2.84. The van der Waals surface area contributed by atoms with Gasteiger partial charge in [-0.15, -0.1) is 5.10 Å². The molecule has 0 unspecified atom stereocenters. The zero-order chi connectivity index (χ0) is 22.1. The minimum atomic E-state index is 0.169. The second kappa shape index (κ2) is 8.84. The first-order valence-electron chi connectivity index (χ1n) is 10.5. The molecule has 3 heterocycles. The van der Waals surface area contributed by atoms with Crippen LogP contribution in [0.25, 0.3) is 5.69 Å². The van der Waals surface area contributed by atoms with Crippen LogP contribution < -0.4 is 10.1 Å². The van der Waals surface area contributed by atoms with Gasteiger partial charge in [-0.2, -0.15) is 4.98 Å². The topological polar surface area (TPSA) is 69.8 Å². The molecule has 0 bridgehead atoms. The summed E-state index contributed by atoms with van der Waals surface area (Å²) in [5.74, 6) is 2.38. The number of fused-ring (bicyclic) bond motifs is 1. The third-order valence-corrected chi connectivity index (χ3v) is 6.07. The Kier molecular flexibility index (Phi) is 5.76. The van der Waals surface area contributed by atoms with Crippen molar-refractivity contribution in [1.29, 1.82) is 0 Å². The molecule has 1 aliphatic rings. The van der Waals surface area contributed by atoms with Crippen LogP contribution in [0.3, 0.4) is 0 Å². The number of nitrogens with one attached hydrogen (secondary N) is 1. The predicted octanol–water partition coefficient (Wildman–Crippen LogP) is 5.84. The average Bonchev–Trinajstić information content (AvgIpc) is 3.34. The van der Waals surface area contributed by atoms with Crippen molar-refractivity contribution in [1.82, 2.24) is 24.3 Å². The summed E-state index contributed by atoms with van der Waals surface area (Å²) in [6.07, 6.45) is 6.60. The Morgan fingerprint density at radius 1 is 1.12 bits per heavy atom. The van der Waals surface area contributed by atoms with Gasteiger partial charge < -0.3 is 14.6 Å². The fourth-order valence-electron chi connectivity index (χ4n) is 4.14. The van der Waals surface area contributed by atoms with Crippen molar-refractivity contribution in [2.45, 2.75) is 31.7 Å². The molecule has 1 N–H and O–H groups in total. The van der Waals surface area contributed by atoms with E-state index < -0.39 is 0 Å². The number of aryl methyl sites for hydroxylation is 1. The van der Waals surface area contributed by atoms with Crippen LogP contribution in [0.15, 0.2) is 55.0 Å². The van der Waals surface area contributed by atoms with E-state index in [0.717, 1.165) is 48.0 Å². The van der Waals surface area contributed by atoms with Crippen LogP contribution in [-0.4, -0.2) is 31.4 Å². The van der Waals surface area contributed by atoms with E-state index in [-0.39, 0.29) is 5.92 Å². The van der Waals surface area contributed by atoms with Gasteiger partial charge in [0.05, 0.1) is 12.8 Å². The zero-order valence-corrected chi connectivity index (χ0v) is 19.0. The molecule has 0 saturated carbocycles. The highest BCUT2D eigenvalue weighted by molar-refractivity contribution is 6.30. The summed E-state index contributed by atoms with van der Waals surface area (Å²) in [5, 5.41) is 9.22. The van der Waals surface area contributed by atoms with E-state index >= 15 is 0 Å². The van der Waals surface area contributed by atoms with Crippen molar-refractivity contribution < 1.29 is 4.74 Å². The van der Waals surface area contributed by atoms with Crippen LogP contribution >= 0.6 is 23.2 Å². The molecule has 9 heteroatoms. The van der Waals surface area contributed by atoms with Gasteiger partial charge in [0.25, 0.3) is 0 Å². The number of halogens is 2. The lowest BCUT2D eigenvalue weighted by Gasteiger charge is -2.14. The monoisotopic (exact) mass is 468 g/mol. The highest BCUT2D eigenvalue weighted by Crippen LogP contribution is 2.34. The standard InChI is InChI=1S/C23H22Cl2N6O/c1-32-20-12-17(8-9-19(20)30-13-21(25)26-14-30)27-23-28-22-18(7-2-3-10-31(22)29-23)15-5-4-6-16(24)11-15/h4-6,8-9,11-14,18H,2-3,7,10H2,1H3,(H,27,29)/t18-/m1/s1. The van der Waals surface area contributed by atoms with E-state index in [2.05, 4.69) is 16.4 Å². The minimum absolute atomic E-state index is 0.169. The summed E-state index contributed by atoms with van der Waals surface area (Å²) in [4.78, 5) is 8.92. The molecule has 7 nitrogen and oxygen atoms in total. The molecule has 2 aromatic carbocycles. The Morgan fingerprint density at radius 3 is 2.81 bits per heavy atom. The first-order chi connectivity index (χ1) is 15.6. The van der Waals surface area contributed by atoms with Gasteiger partial charge in [-0.3, -0.25) is 0 Å². The lowest BCUT2D eigenvalue weighted by molar-refractivity contribution is 0.413. The third-order valence-electron chi connectivity index (χ3n) is 5.64. The van der Waals surface area contributed by atoms with Crippen LogP contribution in [0, 0.1) is 0 Å². The van der Waals surface area contributed by atoms with Gasteiger partial charge in [0, 0.05) is 35.4 Å². The molecule has 0 saturated heterocycles. The second-order valence-corrected chi connectivity index (χ2v) is 8.56. The third kappa shape index (κ3) is 4.18. The Labute approximate surface area is 196 Å². The van der Waals surface area contributed by atoms with E-state index in [1.807, 2.05) is 45.6 Å². The zero-order valence-electron chi connectivity index (χ0n) is 17.5. The summed E-state index contributed by atoms with van der Waals surface area (Å²) >= 11 is 12.2. The quantitative estimate of drug-likeness (QED) is 0.398. The molecule has 0 amide bonds. The number of benzene rings is 2. The van der Waals surface area contributed by atoms with Crippen molar-refractivity contribution in [3.05, 3.63) is 76.6 Å². The molecule has 0 fully saturated rings. The van der Waals surface area contributed by atoms with E-state index in [9.17, 15) is 0 Å². The van der Waals surface area contributed by atoms with E-state index in [1.165, 1.54) is 5.56 Å². The first-order valence-corrected chi connectivity index (χ1v) is 11.2. The van der Waals surface area contributed by atoms with Crippen LogP contribution in [0.2, 0.25) is 10.2 Å². The Morgan fingerprint density at radius 2 is 2.03 bits per heavy atom. The Bertz CT molecular complexity index is 1250. The van der Waals surface area contributed by atoms with Gasteiger partial charge in [-0.1, -0.05) is 41.8 Å².